The smallest absolute Gasteiger partial charge is 0.261 e. The third-order valence-electron chi connectivity index (χ3n) is 3.23. The second kappa shape index (κ2) is 10.3. The van der Waals surface area contributed by atoms with Crippen molar-refractivity contribution in [1.29, 1.82) is 0 Å². The Morgan fingerprint density at radius 1 is 1.15 bits per heavy atom. The summed E-state index contributed by atoms with van der Waals surface area (Å²) in [6.07, 6.45) is 0. The maximum absolute atomic E-state index is 12.5. The predicted octanol–water partition coefficient (Wildman–Crippen LogP) is 4.54. The number of halogens is 2. The summed E-state index contributed by atoms with van der Waals surface area (Å²) >= 11 is 17.1. The molecular formula is C18H18Cl2N2O3S. The number of nitrogens with one attached hydrogen (secondary N) is 2. The zero-order chi connectivity index (χ0) is 18.9. The average Bonchev–Trinajstić information content (AvgIpc) is 2.61. The Morgan fingerprint density at radius 3 is 2.65 bits per heavy atom. The predicted molar refractivity (Wildman–Crippen MR) is 109 cm³/mol. The molecule has 0 saturated heterocycles. The highest BCUT2D eigenvalue weighted by Crippen LogP contribution is 2.25. The van der Waals surface area contributed by atoms with Crippen LogP contribution < -0.4 is 15.4 Å². The number of rotatable bonds is 7. The topological polar surface area (TPSA) is 59.6 Å². The van der Waals surface area contributed by atoms with Crippen molar-refractivity contribution in [2.24, 2.45) is 0 Å². The van der Waals surface area contributed by atoms with Gasteiger partial charge in [0.1, 0.15) is 12.4 Å². The van der Waals surface area contributed by atoms with Gasteiger partial charge in [0.25, 0.3) is 5.91 Å². The van der Waals surface area contributed by atoms with Crippen LogP contribution in [0.1, 0.15) is 17.3 Å². The first-order valence-corrected chi connectivity index (χ1v) is 9.04. The van der Waals surface area contributed by atoms with Crippen molar-refractivity contribution in [2.45, 2.75) is 6.92 Å². The van der Waals surface area contributed by atoms with Crippen molar-refractivity contribution >= 4 is 52.1 Å². The van der Waals surface area contributed by atoms with Crippen LogP contribution in [-0.2, 0) is 4.74 Å². The van der Waals surface area contributed by atoms with E-state index in [-0.39, 0.29) is 11.0 Å². The highest BCUT2D eigenvalue weighted by atomic mass is 35.5. The summed E-state index contributed by atoms with van der Waals surface area (Å²) in [6.45, 7) is 3.31. The molecule has 0 radical (unpaired) electrons. The van der Waals surface area contributed by atoms with E-state index in [1.807, 2.05) is 6.92 Å². The zero-order valence-corrected chi connectivity index (χ0v) is 16.4. The normalized spacial score (nSPS) is 10.3. The summed E-state index contributed by atoms with van der Waals surface area (Å²) in [4.78, 5) is 12.5. The molecule has 0 fully saturated rings. The van der Waals surface area contributed by atoms with Gasteiger partial charge >= 0.3 is 0 Å². The molecule has 0 aliphatic rings. The minimum atomic E-state index is -0.389. The lowest BCUT2D eigenvalue weighted by Crippen LogP contribution is -2.34. The number of anilines is 1. The fourth-order valence-corrected chi connectivity index (χ4v) is 2.71. The SMILES string of the molecule is CCOCCOc1ccccc1C(=O)NC(=S)Nc1ccc(Cl)cc1Cl. The molecule has 0 unspecified atom stereocenters. The van der Waals surface area contributed by atoms with Gasteiger partial charge < -0.3 is 14.8 Å². The van der Waals surface area contributed by atoms with E-state index in [2.05, 4.69) is 10.6 Å². The van der Waals surface area contributed by atoms with Crippen LogP contribution in [0.3, 0.4) is 0 Å². The summed E-state index contributed by atoms with van der Waals surface area (Å²) in [5.74, 6) is 0.0663. The summed E-state index contributed by atoms with van der Waals surface area (Å²) in [7, 11) is 0. The number of carbonyl (C=O) groups excluding carboxylic acids is 1. The van der Waals surface area contributed by atoms with Gasteiger partial charge in [0.15, 0.2) is 5.11 Å². The monoisotopic (exact) mass is 412 g/mol. The van der Waals surface area contributed by atoms with Gasteiger partial charge in [0.2, 0.25) is 0 Å². The molecule has 0 aliphatic heterocycles. The van der Waals surface area contributed by atoms with Crippen LogP contribution in [0.2, 0.25) is 10.0 Å². The number of hydrogen-bond donors (Lipinski definition) is 2. The Balaban J connectivity index is 1.99. The van der Waals surface area contributed by atoms with Crippen molar-refractivity contribution in [3.8, 4) is 5.75 Å². The van der Waals surface area contributed by atoms with Crippen molar-refractivity contribution in [1.82, 2.24) is 5.32 Å². The molecule has 26 heavy (non-hydrogen) atoms. The van der Waals surface area contributed by atoms with Gasteiger partial charge in [-0.1, -0.05) is 35.3 Å². The Hall–Kier alpha value is -1.86. The molecule has 2 N–H and O–H groups in total. The molecule has 1 amide bonds. The number of ether oxygens (including phenoxy) is 2. The highest BCUT2D eigenvalue weighted by molar-refractivity contribution is 7.80. The van der Waals surface area contributed by atoms with Gasteiger partial charge in [-0.05, 0) is 49.5 Å². The summed E-state index contributed by atoms with van der Waals surface area (Å²) in [5, 5.41) is 6.49. The number of hydrogen-bond acceptors (Lipinski definition) is 4. The third-order valence-corrected chi connectivity index (χ3v) is 3.98. The molecule has 0 atom stereocenters. The lowest BCUT2D eigenvalue weighted by molar-refractivity contribution is 0.0958. The maximum Gasteiger partial charge on any atom is 0.261 e. The molecular weight excluding hydrogens is 395 g/mol. The van der Waals surface area contributed by atoms with Crippen molar-refractivity contribution in [3.05, 3.63) is 58.1 Å². The first-order chi connectivity index (χ1) is 12.5. The number of amides is 1. The Bertz CT molecular complexity index is 787. The van der Waals surface area contributed by atoms with Crippen LogP contribution >= 0.6 is 35.4 Å². The van der Waals surface area contributed by atoms with Crippen LogP contribution in [0.5, 0.6) is 5.75 Å². The van der Waals surface area contributed by atoms with E-state index in [9.17, 15) is 4.79 Å². The molecule has 2 rings (SSSR count). The average molecular weight is 413 g/mol. The molecule has 2 aromatic carbocycles. The lowest BCUT2D eigenvalue weighted by Gasteiger charge is -2.13. The van der Waals surface area contributed by atoms with Gasteiger partial charge in [-0.3, -0.25) is 10.1 Å². The largest absolute Gasteiger partial charge is 0.490 e. The molecule has 0 aliphatic carbocycles. The lowest BCUT2D eigenvalue weighted by atomic mass is 10.2. The van der Waals surface area contributed by atoms with Crippen LogP contribution in [0, 0.1) is 0 Å². The fourth-order valence-electron chi connectivity index (χ4n) is 2.05. The van der Waals surface area contributed by atoms with E-state index in [4.69, 9.17) is 44.9 Å². The number of para-hydroxylation sites is 1. The standard InChI is InChI=1S/C18H18Cl2N2O3S/c1-2-24-9-10-25-16-6-4-3-5-13(16)17(23)22-18(26)21-15-8-7-12(19)11-14(15)20/h3-8,11H,2,9-10H2,1H3,(H2,21,22,23,26). The summed E-state index contributed by atoms with van der Waals surface area (Å²) < 4.78 is 10.8. The molecule has 0 aromatic heterocycles. The zero-order valence-electron chi connectivity index (χ0n) is 14.1. The van der Waals surface area contributed by atoms with Gasteiger partial charge in [-0.2, -0.15) is 0 Å². The van der Waals surface area contributed by atoms with Crippen LogP contribution in [0.25, 0.3) is 0 Å². The van der Waals surface area contributed by atoms with Gasteiger partial charge in [0.05, 0.1) is 22.9 Å². The molecule has 138 valence electrons. The number of thiocarbonyl (C=S) groups is 1. The molecule has 8 heteroatoms. The van der Waals surface area contributed by atoms with Crippen molar-refractivity contribution in [2.75, 3.05) is 25.1 Å². The van der Waals surface area contributed by atoms with Gasteiger partial charge in [0, 0.05) is 11.6 Å². The van der Waals surface area contributed by atoms with E-state index in [0.29, 0.717) is 46.9 Å². The Kier molecular flexibility index (Phi) is 8.12. The van der Waals surface area contributed by atoms with Crippen LogP contribution in [-0.4, -0.2) is 30.8 Å². The van der Waals surface area contributed by atoms with E-state index < -0.39 is 0 Å². The Morgan fingerprint density at radius 2 is 1.92 bits per heavy atom. The molecule has 0 bridgehead atoms. The van der Waals surface area contributed by atoms with Crippen LogP contribution in [0.4, 0.5) is 5.69 Å². The fraction of sp³-hybridized carbons (Fsp3) is 0.222. The highest BCUT2D eigenvalue weighted by Gasteiger charge is 2.14. The molecule has 0 heterocycles. The third kappa shape index (κ3) is 6.14. The Labute approximate surface area is 167 Å². The van der Waals surface area contributed by atoms with Crippen molar-refractivity contribution < 1.29 is 14.3 Å². The summed E-state index contributed by atoms with van der Waals surface area (Å²) in [5.41, 5.74) is 0.915. The van der Waals surface area contributed by atoms with Crippen LogP contribution in [0.15, 0.2) is 42.5 Å². The minimum Gasteiger partial charge on any atom is -0.490 e. The molecule has 0 spiro atoms. The second-order valence-corrected chi connectivity index (χ2v) is 6.33. The number of carbonyl (C=O) groups is 1. The molecule has 5 nitrogen and oxygen atoms in total. The number of benzene rings is 2. The minimum absolute atomic E-state index is 0.114. The molecule has 2 aromatic rings. The first kappa shape index (κ1) is 20.5. The van der Waals surface area contributed by atoms with Gasteiger partial charge in [-0.15, -0.1) is 0 Å². The van der Waals surface area contributed by atoms with Gasteiger partial charge in [-0.25, -0.2) is 0 Å². The van der Waals surface area contributed by atoms with Crippen molar-refractivity contribution in [3.63, 3.8) is 0 Å². The van der Waals surface area contributed by atoms with E-state index in [1.54, 1.807) is 42.5 Å². The summed E-state index contributed by atoms with van der Waals surface area (Å²) in [6, 6.07) is 11.8. The van der Waals surface area contributed by atoms with E-state index in [1.165, 1.54) is 0 Å². The second-order valence-electron chi connectivity index (χ2n) is 5.07. The first-order valence-electron chi connectivity index (χ1n) is 7.88. The maximum atomic E-state index is 12.5. The van der Waals surface area contributed by atoms with E-state index in [0.717, 1.165) is 0 Å². The van der Waals surface area contributed by atoms with E-state index >= 15 is 0 Å². The quantitative estimate of drug-likeness (QED) is 0.516. The molecule has 0 saturated carbocycles.